The van der Waals surface area contributed by atoms with E-state index in [0.29, 0.717) is 5.69 Å². The van der Waals surface area contributed by atoms with E-state index in [4.69, 9.17) is 0 Å². The molecule has 0 aliphatic rings. The molecule has 1 heterocycles. The van der Waals surface area contributed by atoms with Crippen LogP contribution in [-0.4, -0.2) is 24.5 Å². The number of amides is 1. The van der Waals surface area contributed by atoms with Crippen LogP contribution in [0, 0.1) is 5.92 Å². The van der Waals surface area contributed by atoms with Crippen molar-refractivity contribution in [1.29, 1.82) is 0 Å². The summed E-state index contributed by atoms with van der Waals surface area (Å²) in [4.78, 5) is 15.4. The fourth-order valence-electron chi connectivity index (χ4n) is 1.70. The Balaban J connectivity index is 2.36. The van der Waals surface area contributed by atoms with Crippen molar-refractivity contribution in [3.05, 3.63) is 24.0 Å². The van der Waals surface area contributed by atoms with Crippen LogP contribution in [0.1, 0.15) is 43.6 Å². The normalized spacial score (nSPS) is 10.4. The summed E-state index contributed by atoms with van der Waals surface area (Å²) in [6.45, 7) is 5.42. The van der Waals surface area contributed by atoms with Crippen LogP contribution in [0.3, 0.4) is 0 Å². The average molecular weight is 249 g/mol. The number of anilines is 1. The van der Waals surface area contributed by atoms with Crippen molar-refractivity contribution < 1.29 is 4.79 Å². The number of hydrogen-bond acceptors (Lipinski definition) is 3. The first-order chi connectivity index (χ1) is 8.63. The van der Waals surface area contributed by atoms with E-state index < -0.39 is 0 Å². The van der Waals surface area contributed by atoms with Crippen LogP contribution in [0.4, 0.5) is 5.69 Å². The van der Waals surface area contributed by atoms with E-state index in [1.165, 1.54) is 12.8 Å². The summed E-state index contributed by atoms with van der Waals surface area (Å²) in [7, 11) is 1.61. The SMILES string of the molecule is CNC(=O)c1cc(NCCCCC(C)C)ccn1. The molecule has 0 atom stereocenters. The largest absolute Gasteiger partial charge is 0.385 e. The minimum Gasteiger partial charge on any atom is -0.385 e. The number of unbranched alkanes of at least 4 members (excludes halogenated alkanes) is 1. The highest BCUT2D eigenvalue weighted by atomic mass is 16.1. The molecular formula is C14H23N3O. The molecule has 1 aromatic heterocycles. The predicted molar refractivity (Wildman–Crippen MR) is 74.8 cm³/mol. The van der Waals surface area contributed by atoms with Gasteiger partial charge in [0.25, 0.3) is 5.91 Å². The van der Waals surface area contributed by atoms with E-state index in [9.17, 15) is 4.79 Å². The van der Waals surface area contributed by atoms with Gasteiger partial charge in [0.2, 0.25) is 0 Å². The Kier molecular flexibility index (Phi) is 6.19. The Hall–Kier alpha value is -1.58. The number of pyridine rings is 1. The number of nitrogens with one attached hydrogen (secondary N) is 2. The molecule has 0 bridgehead atoms. The summed E-state index contributed by atoms with van der Waals surface area (Å²) in [6, 6.07) is 3.66. The summed E-state index contributed by atoms with van der Waals surface area (Å²) in [5.74, 6) is 0.615. The maximum absolute atomic E-state index is 11.4. The highest BCUT2D eigenvalue weighted by Gasteiger charge is 2.04. The highest BCUT2D eigenvalue weighted by Crippen LogP contribution is 2.10. The maximum Gasteiger partial charge on any atom is 0.269 e. The van der Waals surface area contributed by atoms with Crippen LogP contribution in [0.2, 0.25) is 0 Å². The molecule has 4 nitrogen and oxygen atoms in total. The summed E-state index contributed by atoms with van der Waals surface area (Å²) in [5.41, 5.74) is 1.40. The van der Waals surface area contributed by atoms with Gasteiger partial charge in [0, 0.05) is 25.5 Å². The van der Waals surface area contributed by atoms with E-state index in [-0.39, 0.29) is 5.91 Å². The lowest BCUT2D eigenvalue weighted by Gasteiger charge is -2.08. The summed E-state index contributed by atoms with van der Waals surface area (Å²) in [6.07, 6.45) is 5.30. The number of rotatable bonds is 7. The molecule has 0 saturated heterocycles. The Labute approximate surface area is 109 Å². The third-order valence-corrected chi connectivity index (χ3v) is 2.76. The summed E-state index contributed by atoms with van der Waals surface area (Å²) < 4.78 is 0. The minimum atomic E-state index is -0.154. The molecule has 100 valence electrons. The van der Waals surface area contributed by atoms with E-state index in [1.54, 1.807) is 19.3 Å². The first-order valence-corrected chi connectivity index (χ1v) is 6.55. The first kappa shape index (κ1) is 14.5. The second kappa shape index (κ2) is 7.69. The van der Waals surface area contributed by atoms with Gasteiger partial charge >= 0.3 is 0 Å². The van der Waals surface area contributed by atoms with E-state index in [2.05, 4.69) is 29.5 Å². The average Bonchev–Trinajstić information content (AvgIpc) is 2.37. The topological polar surface area (TPSA) is 54.0 Å². The van der Waals surface area contributed by atoms with Crippen LogP contribution >= 0.6 is 0 Å². The Morgan fingerprint density at radius 1 is 1.39 bits per heavy atom. The molecule has 0 unspecified atom stereocenters. The zero-order valence-electron chi connectivity index (χ0n) is 11.5. The van der Waals surface area contributed by atoms with Gasteiger partial charge in [0.1, 0.15) is 5.69 Å². The molecule has 0 fully saturated rings. The fourth-order valence-corrected chi connectivity index (χ4v) is 1.70. The fraction of sp³-hybridized carbons (Fsp3) is 0.571. The van der Waals surface area contributed by atoms with Gasteiger partial charge in [-0.2, -0.15) is 0 Å². The van der Waals surface area contributed by atoms with E-state index >= 15 is 0 Å². The van der Waals surface area contributed by atoms with Crippen LogP contribution in [0.5, 0.6) is 0 Å². The van der Waals surface area contributed by atoms with Crippen LogP contribution in [0.15, 0.2) is 18.3 Å². The van der Waals surface area contributed by atoms with Gasteiger partial charge in [0.15, 0.2) is 0 Å². The zero-order chi connectivity index (χ0) is 13.4. The zero-order valence-corrected chi connectivity index (χ0v) is 11.5. The molecule has 0 spiro atoms. The third kappa shape index (κ3) is 5.17. The van der Waals surface area contributed by atoms with Crippen molar-refractivity contribution in [1.82, 2.24) is 10.3 Å². The van der Waals surface area contributed by atoms with Gasteiger partial charge in [0.05, 0.1) is 0 Å². The molecular weight excluding hydrogens is 226 g/mol. The highest BCUT2D eigenvalue weighted by molar-refractivity contribution is 5.92. The standard InChI is InChI=1S/C14H23N3O/c1-11(2)6-4-5-8-16-12-7-9-17-13(10-12)14(18)15-3/h7,9-11H,4-6,8H2,1-3H3,(H,15,18)(H,16,17). The van der Waals surface area contributed by atoms with Crippen molar-refractivity contribution in [2.24, 2.45) is 5.92 Å². The number of carbonyl (C=O) groups excluding carboxylic acids is 1. The maximum atomic E-state index is 11.4. The lowest BCUT2D eigenvalue weighted by Crippen LogP contribution is -2.19. The second-order valence-corrected chi connectivity index (χ2v) is 4.83. The monoisotopic (exact) mass is 249 g/mol. The lowest BCUT2D eigenvalue weighted by molar-refractivity contribution is 0.0958. The third-order valence-electron chi connectivity index (χ3n) is 2.76. The minimum absolute atomic E-state index is 0.154. The lowest BCUT2D eigenvalue weighted by atomic mass is 10.1. The van der Waals surface area contributed by atoms with Gasteiger partial charge in [-0.1, -0.05) is 26.7 Å². The van der Waals surface area contributed by atoms with Crippen LogP contribution < -0.4 is 10.6 Å². The van der Waals surface area contributed by atoms with Crippen LogP contribution in [0.25, 0.3) is 0 Å². The molecule has 0 saturated carbocycles. The molecule has 4 heteroatoms. The molecule has 18 heavy (non-hydrogen) atoms. The van der Waals surface area contributed by atoms with Gasteiger partial charge in [-0.25, -0.2) is 0 Å². The quantitative estimate of drug-likeness (QED) is 0.730. The molecule has 2 N–H and O–H groups in total. The van der Waals surface area contributed by atoms with Gasteiger partial charge in [-0.3, -0.25) is 9.78 Å². The molecule has 0 aliphatic carbocycles. The van der Waals surface area contributed by atoms with Crippen LogP contribution in [-0.2, 0) is 0 Å². The van der Waals surface area contributed by atoms with E-state index in [1.807, 2.05) is 6.07 Å². The molecule has 1 aromatic rings. The molecule has 1 amide bonds. The summed E-state index contributed by atoms with van der Waals surface area (Å²) >= 11 is 0. The molecule has 1 rings (SSSR count). The van der Waals surface area contributed by atoms with Crippen molar-refractivity contribution in [2.45, 2.75) is 33.1 Å². The Bertz CT molecular complexity index is 377. The molecule has 0 aliphatic heterocycles. The number of hydrogen-bond donors (Lipinski definition) is 2. The predicted octanol–water partition coefficient (Wildman–Crippen LogP) is 2.68. The summed E-state index contributed by atoms with van der Waals surface area (Å²) in [5, 5.41) is 5.89. The van der Waals surface area contributed by atoms with Gasteiger partial charge < -0.3 is 10.6 Å². The van der Waals surface area contributed by atoms with Gasteiger partial charge in [-0.15, -0.1) is 0 Å². The molecule has 0 radical (unpaired) electrons. The van der Waals surface area contributed by atoms with Crippen molar-refractivity contribution >= 4 is 11.6 Å². The number of carbonyl (C=O) groups is 1. The van der Waals surface area contributed by atoms with E-state index in [0.717, 1.165) is 24.6 Å². The smallest absolute Gasteiger partial charge is 0.269 e. The van der Waals surface area contributed by atoms with Gasteiger partial charge in [-0.05, 0) is 24.5 Å². The Morgan fingerprint density at radius 2 is 2.17 bits per heavy atom. The number of aromatic nitrogens is 1. The van der Waals surface area contributed by atoms with Crippen molar-refractivity contribution in [2.75, 3.05) is 18.9 Å². The Morgan fingerprint density at radius 3 is 2.83 bits per heavy atom. The first-order valence-electron chi connectivity index (χ1n) is 6.55. The number of nitrogens with zero attached hydrogens (tertiary/aromatic N) is 1. The molecule has 0 aromatic carbocycles. The van der Waals surface area contributed by atoms with Crippen molar-refractivity contribution in [3.63, 3.8) is 0 Å². The second-order valence-electron chi connectivity index (χ2n) is 4.83. The van der Waals surface area contributed by atoms with Crippen molar-refractivity contribution in [3.8, 4) is 0 Å².